The van der Waals surface area contributed by atoms with Crippen molar-refractivity contribution in [2.24, 2.45) is 0 Å². The third-order valence-corrected chi connectivity index (χ3v) is 2.67. The van der Waals surface area contributed by atoms with Crippen molar-refractivity contribution in [1.82, 2.24) is 4.98 Å². The van der Waals surface area contributed by atoms with Crippen molar-refractivity contribution in [2.75, 3.05) is 0 Å². The van der Waals surface area contributed by atoms with Crippen molar-refractivity contribution in [3.63, 3.8) is 0 Å². The largest absolute Gasteiger partial charge is 0.435 e. The maximum atomic E-state index is 12.1. The number of pyridine rings is 1. The Labute approximate surface area is 113 Å². The van der Waals surface area contributed by atoms with E-state index in [-0.39, 0.29) is 11.3 Å². The van der Waals surface area contributed by atoms with Gasteiger partial charge in [-0.2, -0.15) is 14.0 Å². The molecule has 102 valence electrons. The molecule has 0 spiro atoms. The number of benzene rings is 1. The molecular weight excluding hydrogens is 266 g/mol. The van der Waals surface area contributed by atoms with Gasteiger partial charge >= 0.3 is 6.61 Å². The molecule has 0 aliphatic carbocycles. The first-order chi connectivity index (χ1) is 9.51. The number of nitrogens with one attached hydrogen (secondary N) is 1. The minimum absolute atomic E-state index is 0.0156. The Kier molecular flexibility index (Phi) is 3.80. The first-order valence-electron chi connectivity index (χ1n) is 5.70. The van der Waals surface area contributed by atoms with Crippen molar-refractivity contribution in [2.45, 2.75) is 13.5 Å². The van der Waals surface area contributed by atoms with E-state index in [1.54, 1.807) is 13.0 Å². The van der Waals surface area contributed by atoms with Crippen LogP contribution in [0.1, 0.15) is 11.3 Å². The first kappa shape index (κ1) is 13.7. The van der Waals surface area contributed by atoms with Gasteiger partial charge in [-0.25, -0.2) is 0 Å². The van der Waals surface area contributed by atoms with E-state index >= 15 is 0 Å². The van der Waals surface area contributed by atoms with E-state index in [0.717, 1.165) is 0 Å². The van der Waals surface area contributed by atoms with Crippen LogP contribution in [-0.4, -0.2) is 11.6 Å². The van der Waals surface area contributed by atoms with Crippen molar-refractivity contribution in [1.29, 1.82) is 5.26 Å². The Morgan fingerprint density at radius 2 is 1.95 bits per heavy atom. The zero-order valence-electron chi connectivity index (χ0n) is 10.5. The van der Waals surface area contributed by atoms with E-state index in [4.69, 9.17) is 5.26 Å². The quantitative estimate of drug-likeness (QED) is 0.937. The van der Waals surface area contributed by atoms with Crippen LogP contribution in [0.15, 0.2) is 35.1 Å². The summed E-state index contributed by atoms with van der Waals surface area (Å²) in [5.41, 5.74) is 1.15. The average molecular weight is 276 g/mol. The Bertz CT molecular complexity index is 715. The molecule has 20 heavy (non-hydrogen) atoms. The second-order valence-electron chi connectivity index (χ2n) is 4.08. The summed E-state index contributed by atoms with van der Waals surface area (Å²) in [6.45, 7) is -1.20. The molecule has 1 aromatic carbocycles. The average Bonchev–Trinajstić information content (AvgIpc) is 2.38. The molecule has 0 amide bonds. The summed E-state index contributed by atoms with van der Waals surface area (Å²) in [5.74, 6) is 0.0174. The van der Waals surface area contributed by atoms with E-state index in [1.807, 2.05) is 6.07 Å². The first-order valence-corrected chi connectivity index (χ1v) is 5.70. The smallest absolute Gasteiger partial charge is 0.387 e. The molecule has 0 fully saturated rings. The Hall–Kier alpha value is -2.68. The predicted octanol–water partition coefficient (Wildman–Crippen LogP) is 2.82. The van der Waals surface area contributed by atoms with Gasteiger partial charge in [0.25, 0.3) is 5.56 Å². The topological polar surface area (TPSA) is 65.9 Å². The number of ether oxygens (including phenoxy) is 1. The van der Waals surface area contributed by atoms with Crippen LogP contribution in [0.3, 0.4) is 0 Å². The van der Waals surface area contributed by atoms with Gasteiger partial charge in [0.05, 0.1) is 0 Å². The van der Waals surface area contributed by atoms with Crippen LogP contribution in [-0.2, 0) is 0 Å². The highest BCUT2D eigenvalue weighted by Gasteiger charge is 2.11. The lowest BCUT2D eigenvalue weighted by atomic mass is 10.0. The number of halogens is 2. The second-order valence-corrected chi connectivity index (χ2v) is 4.08. The summed E-state index contributed by atoms with van der Waals surface area (Å²) in [4.78, 5) is 14.2. The van der Waals surface area contributed by atoms with Gasteiger partial charge in [0.2, 0.25) is 0 Å². The molecule has 0 saturated carbocycles. The van der Waals surface area contributed by atoms with Gasteiger partial charge in [-0.3, -0.25) is 4.79 Å². The molecule has 1 N–H and O–H groups in total. The van der Waals surface area contributed by atoms with Gasteiger partial charge in [-0.15, -0.1) is 0 Å². The Balaban J connectivity index is 2.47. The van der Waals surface area contributed by atoms with E-state index in [1.165, 1.54) is 24.3 Å². The number of aryl methyl sites for hydroxylation is 1. The minimum Gasteiger partial charge on any atom is -0.435 e. The van der Waals surface area contributed by atoms with E-state index in [0.29, 0.717) is 16.8 Å². The molecular formula is C14H10F2N2O2. The summed E-state index contributed by atoms with van der Waals surface area (Å²) in [6, 6.07) is 9.26. The summed E-state index contributed by atoms with van der Waals surface area (Å²) >= 11 is 0. The van der Waals surface area contributed by atoms with Crippen LogP contribution in [0.5, 0.6) is 5.75 Å². The molecule has 0 radical (unpaired) electrons. The number of alkyl halides is 2. The van der Waals surface area contributed by atoms with Gasteiger partial charge in [-0.1, -0.05) is 12.1 Å². The molecule has 0 aliphatic rings. The monoisotopic (exact) mass is 276 g/mol. The third-order valence-electron chi connectivity index (χ3n) is 2.67. The second kappa shape index (κ2) is 5.53. The van der Waals surface area contributed by atoms with Crippen molar-refractivity contribution >= 4 is 0 Å². The Morgan fingerprint density at radius 3 is 2.50 bits per heavy atom. The zero-order valence-corrected chi connectivity index (χ0v) is 10.5. The van der Waals surface area contributed by atoms with Crippen LogP contribution >= 0.6 is 0 Å². The SMILES string of the molecule is Cc1cc(-c2ccc(OC(F)F)cc2)c(C#N)c(=O)[nH]1. The molecule has 0 aliphatic heterocycles. The van der Waals surface area contributed by atoms with Gasteiger partial charge in [0.1, 0.15) is 17.4 Å². The molecule has 4 nitrogen and oxygen atoms in total. The summed E-state index contributed by atoms with van der Waals surface area (Å²) < 4.78 is 28.4. The molecule has 0 atom stereocenters. The van der Waals surface area contributed by atoms with Crippen molar-refractivity contribution in [3.8, 4) is 22.9 Å². The highest BCUT2D eigenvalue weighted by Crippen LogP contribution is 2.25. The van der Waals surface area contributed by atoms with Crippen molar-refractivity contribution < 1.29 is 13.5 Å². The van der Waals surface area contributed by atoms with Gasteiger partial charge in [-0.05, 0) is 30.7 Å². The van der Waals surface area contributed by atoms with E-state index in [9.17, 15) is 13.6 Å². The number of hydrogen-bond donors (Lipinski definition) is 1. The lowest BCUT2D eigenvalue weighted by Gasteiger charge is -2.07. The maximum absolute atomic E-state index is 12.1. The highest BCUT2D eigenvalue weighted by molar-refractivity contribution is 5.70. The van der Waals surface area contributed by atoms with Crippen LogP contribution in [0.2, 0.25) is 0 Å². The molecule has 2 aromatic rings. The molecule has 0 unspecified atom stereocenters. The van der Waals surface area contributed by atoms with Crippen LogP contribution in [0.4, 0.5) is 8.78 Å². The molecule has 0 bridgehead atoms. The molecule has 1 heterocycles. The number of hydrogen-bond acceptors (Lipinski definition) is 3. The van der Waals surface area contributed by atoms with Crippen LogP contribution in [0.25, 0.3) is 11.1 Å². The van der Waals surface area contributed by atoms with Gasteiger partial charge in [0.15, 0.2) is 0 Å². The standard InChI is InChI=1S/C14H10F2N2O2/c1-8-6-11(12(7-17)13(19)18-8)9-2-4-10(5-3-9)20-14(15)16/h2-6,14H,1H3,(H,18,19). The van der Waals surface area contributed by atoms with Gasteiger partial charge in [0, 0.05) is 11.3 Å². The van der Waals surface area contributed by atoms with Gasteiger partial charge < -0.3 is 9.72 Å². The number of nitrogens with zero attached hydrogens (tertiary/aromatic N) is 1. The number of rotatable bonds is 3. The van der Waals surface area contributed by atoms with Crippen molar-refractivity contribution in [3.05, 3.63) is 51.9 Å². The lowest BCUT2D eigenvalue weighted by Crippen LogP contribution is -2.12. The Morgan fingerprint density at radius 1 is 1.30 bits per heavy atom. The number of nitriles is 1. The lowest BCUT2D eigenvalue weighted by molar-refractivity contribution is -0.0498. The number of H-pyrrole nitrogens is 1. The summed E-state index contributed by atoms with van der Waals surface area (Å²) in [6.07, 6.45) is 0. The van der Waals surface area contributed by atoms with E-state index < -0.39 is 12.2 Å². The fraction of sp³-hybridized carbons (Fsp3) is 0.143. The normalized spacial score (nSPS) is 10.3. The fourth-order valence-corrected chi connectivity index (χ4v) is 1.84. The fourth-order valence-electron chi connectivity index (χ4n) is 1.84. The highest BCUT2D eigenvalue weighted by atomic mass is 19.3. The number of aromatic nitrogens is 1. The zero-order chi connectivity index (χ0) is 14.7. The molecule has 2 rings (SSSR count). The molecule has 6 heteroatoms. The van der Waals surface area contributed by atoms with Crippen LogP contribution < -0.4 is 10.3 Å². The number of aromatic amines is 1. The predicted molar refractivity (Wildman–Crippen MR) is 68.6 cm³/mol. The third kappa shape index (κ3) is 2.83. The molecule has 1 aromatic heterocycles. The molecule has 0 saturated heterocycles. The summed E-state index contributed by atoms with van der Waals surface area (Å²) in [5, 5.41) is 9.03. The van der Waals surface area contributed by atoms with E-state index in [2.05, 4.69) is 9.72 Å². The summed E-state index contributed by atoms with van der Waals surface area (Å²) in [7, 11) is 0. The minimum atomic E-state index is -2.89. The maximum Gasteiger partial charge on any atom is 0.387 e. The van der Waals surface area contributed by atoms with Crippen LogP contribution in [0, 0.1) is 18.3 Å².